The average molecular weight is 554 g/mol. The molecule has 0 radical (unpaired) electrons. The smallest absolute Gasteiger partial charge is 0.248 e. The third-order valence-electron chi connectivity index (χ3n) is 7.93. The lowest BCUT2D eigenvalue weighted by Gasteiger charge is -2.39. The van der Waals surface area contributed by atoms with Crippen LogP contribution >= 0.6 is 0 Å². The first-order chi connectivity index (χ1) is 19.7. The van der Waals surface area contributed by atoms with Crippen LogP contribution in [0, 0.1) is 0 Å². The maximum Gasteiger partial charge on any atom is 0.248 e. The molecule has 0 aliphatic heterocycles. The Kier molecular flexibility index (Phi) is 10.1. The van der Waals surface area contributed by atoms with E-state index < -0.39 is 5.91 Å². The number of quaternary nitrogens is 1. The Bertz CT molecular complexity index is 1450. The Morgan fingerprint density at radius 3 is 2.44 bits per heavy atom. The van der Waals surface area contributed by atoms with Gasteiger partial charge in [0.15, 0.2) is 0 Å². The maximum absolute atomic E-state index is 12.1. The molecule has 1 amide bonds. The Labute approximate surface area is 245 Å². The van der Waals surface area contributed by atoms with Crippen LogP contribution in [0.1, 0.15) is 53.8 Å². The van der Waals surface area contributed by atoms with Crippen LogP contribution in [-0.2, 0) is 6.42 Å². The molecule has 4 rings (SSSR count). The van der Waals surface area contributed by atoms with Gasteiger partial charge in [0.05, 0.1) is 14.1 Å². The van der Waals surface area contributed by atoms with Crippen LogP contribution in [0.25, 0.3) is 21.9 Å². The number of hydrogen-bond donors (Lipinski definition) is 1. The summed E-state index contributed by atoms with van der Waals surface area (Å²) in [6.07, 6.45) is 4.15. The van der Waals surface area contributed by atoms with Crippen LogP contribution in [0.3, 0.4) is 0 Å². The summed E-state index contributed by atoms with van der Waals surface area (Å²) in [6.45, 7) is 4.47. The minimum atomic E-state index is -0.415. The van der Waals surface area contributed by atoms with E-state index in [2.05, 4.69) is 82.5 Å². The number of carbonyl (C=O) groups excluding carboxylic acids is 1. The minimum absolute atomic E-state index is 0.165. The van der Waals surface area contributed by atoms with Gasteiger partial charge in [0.25, 0.3) is 0 Å². The summed E-state index contributed by atoms with van der Waals surface area (Å²) in [6, 6.07) is 26.9. The van der Waals surface area contributed by atoms with Gasteiger partial charge in [-0.1, -0.05) is 67.9 Å². The fraction of sp³-hybridized carbons (Fsp3) is 0.371. The molecule has 0 fully saturated rings. The summed E-state index contributed by atoms with van der Waals surface area (Å²) in [5, 5.41) is 2.22. The number of nitrogens with zero attached hydrogens (tertiary/aromatic N) is 3. The molecular formula is C35H45N4O2+. The molecule has 2 N–H and O–H groups in total. The molecular weight excluding hydrogens is 508 g/mol. The van der Waals surface area contributed by atoms with Crippen LogP contribution in [-0.4, -0.2) is 68.2 Å². The lowest BCUT2D eigenvalue weighted by atomic mass is 9.89. The topological polar surface area (TPSA) is 68.5 Å². The summed E-state index contributed by atoms with van der Waals surface area (Å²) in [5.41, 5.74) is 10.6. The number of likely N-dealkylation sites (N-methyl/N-ethyl adjacent to an activating group) is 1. The van der Waals surface area contributed by atoms with Crippen molar-refractivity contribution in [1.82, 2.24) is 9.88 Å². The van der Waals surface area contributed by atoms with Crippen molar-refractivity contribution in [3.8, 4) is 17.0 Å². The first-order valence-corrected chi connectivity index (χ1v) is 14.7. The molecule has 1 atom stereocenters. The van der Waals surface area contributed by atoms with Crippen molar-refractivity contribution >= 4 is 16.7 Å². The first-order valence-electron chi connectivity index (χ1n) is 14.7. The Morgan fingerprint density at radius 2 is 1.73 bits per heavy atom. The van der Waals surface area contributed by atoms with Crippen molar-refractivity contribution in [3.63, 3.8) is 0 Å². The predicted octanol–water partition coefficient (Wildman–Crippen LogP) is 6.49. The van der Waals surface area contributed by atoms with Crippen molar-refractivity contribution in [3.05, 3.63) is 95.7 Å². The molecule has 0 bridgehead atoms. The molecule has 216 valence electrons. The molecule has 0 aliphatic carbocycles. The fourth-order valence-electron chi connectivity index (χ4n) is 5.48. The van der Waals surface area contributed by atoms with Gasteiger partial charge < -0.3 is 19.9 Å². The zero-order valence-electron chi connectivity index (χ0n) is 25.3. The Hall–Kier alpha value is -3.74. The summed E-state index contributed by atoms with van der Waals surface area (Å²) in [5.74, 6) is 0.302. The number of carbonyl (C=O) groups is 1. The number of unbranched alkanes of at least 4 members (excludes halogenated alkanes) is 1. The number of nitrogens with two attached hydrogens (primary N) is 1. The van der Waals surface area contributed by atoms with Crippen LogP contribution in [0.5, 0.6) is 5.88 Å². The molecule has 3 aromatic carbocycles. The van der Waals surface area contributed by atoms with Gasteiger partial charge in [-0.3, -0.25) is 4.79 Å². The molecule has 0 spiro atoms. The van der Waals surface area contributed by atoms with Crippen molar-refractivity contribution in [2.45, 2.75) is 38.6 Å². The molecule has 41 heavy (non-hydrogen) atoms. The molecule has 0 unspecified atom stereocenters. The van der Waals surface area contributed by atoms with Gasteiger partial charge in [-0.05, 0) is 67.7 Å². The molecule has 6 heteroatoms. The van der Waals surface area contributed by atoms with Gasteiger partial charge in [-0.15, -0.1) is 0 Å². The lowest BCUT2D eigenvalue weighted by Crippen LogP contribution is -2.47. The van der Waals surface area contributed by atoms with E-state index in [1.165, 1.54) is 10.9 Å². The Morgan fingerprint density at radius 1 is 1.00 bits per heavy atom. The number of amides is 1. The minimum Gasteiger partial charge on any atom is -0.471 e. The van der Waals surface area contributed by atoms with E-state index in [0.717, 1.165) is 71.3 Å². The largest absolute Gasteiger partial charge is 0.471 e. The number of fused-ring (bicyclic) bond motifs is 1. The van der Waals surface area contributed by atoms with Crippen LogP contribution < -0.4 is 10.5 Å². The van der Waals surface area contributed by atoms with Gasteiger partial charge in [-0.25, -0.2) is 4.98 Å². The quantitative estimate of drug-likeness (QED) is 0.181. The second-order valence-corrected chi connectivity index (χ2v) is 11.7. The fourth-order valence-corrected chi connectivity index (χ4v) is 5.48. The van der Waals surface area contributed by atoms with E-state index in [9.17, 15) is 4.79 Å². The number of benzene rings is 3. The number of hydrogen-bond acceptors (Lipinski definition) is 4. The highest BCUT2D eigenvalue weighted by atomic mass is 16.5. The third kappa shape index (κ3) is 7.72. The summed E-state index contributed by atoms with van der Waals surface area (Å²) >= 11 is 0. The van der Waals surface area contributed by atoms with Gasteiger partial charge in [0, 0.05) is 35.2 Å². The SMILES string of the molecule is CCCCc1cc2ccccc2c(OCC[N+](C)(C)[C@H](CCN(C)C)c2ccc(C(N)=O)cc2-c2ccccc2)n1. The molecule has 6 nitrogen and oxygen atoms in total. The van der Waals surface area contributed by atoms with Crippen LogP contribution in [0.15, 0.2) is 78.9 Å². The van der Waals surface area contributed by atoms with E-state index in [0.29, 0.717) is 12.2 Å². The highest BCUT2D eigenvalue weighted by Crippen LogP contribution is 2.37. The van der Waals surface area contributed by atoms with Gasteiger partial charge >= 0.3 is 0 Å². The second-order valence-electron chi connectivity index (χ2n) is 11.7. The number of aromatic nitrogens is 1. The third-order valence-corrected chi connectivity index (χ3v) is 7.93. The summed E-state index contributed by atoms with van der Waals surface area (Å²) in [4.78, 5) is 19.3. The zero-order valence-corrected chi connectivity index (χ0v) is 25.3. The summed E-state index contributed by atoms with van der Waals surface area (Å²) < 4.78 is 7.17. The van der Waals surface area contributed by atoms with E-state index in [1.807, 2.05) is 36.4 Å². The number of pyridine rings is 1. The molecule has 4 aromatic rings. The molecule has 0 aliphatic rings. The van der Waals surface area contributed by atoms with E-state index >= 15 is 0 Å². The maximum atomic E-state index is 12.1. The monoisotopic (exact) mass is 553 g/mol. The van der Waals surface area contributed by atoms with Crippen LogP contribution in [0.2, 0.25) is 0 Å². The summed E-state index contributed by atoms with van der Waals surface area (Å²) in [7, 11) is 8.75. The molecule has 1 aromatic heterocycles. The highest BCUT2D eigenvalue weighted by molar-refractivity contribution is 5.94. The number of primary amides is 1. The van der Waals surface area contributed by atoms with E-state index in [4.69, 9.17) is 15.5 Å². The predicted molar refractivity (Wildman–Crippen MR) is 169 cm³/mol. The molecule has 0 saturated carbocycles. The first kappa shape index (κ1) is 30.2. The standard InChI is InChI=1S/C35H44N4O2/c1-6-7-16-29-24-27-15-11-12-17-30(27)35(37-29)41-23-22-39(4,5)33(20-21-38(2)3)31-19-18-28(34(36)40)25-32(31)26-13-9-8-10-14-26/h8-15,17-19,24-25,33H,6-7,16,20-23H2,1-5H3,(H-,36,40)/p+1/t33-/m1/s1. The number of rotatable bonds is 14. The van der Waals surface area contributed by atoms with Crippen molar-refractivity contribution in [2.75, 3.05) is 47.9 Å². The van der Waals surface area contributed by atoms with E-state index in [1.54, 1.807) is 0 Å². The average Bonchev–Trinajstić information content (AvgIpc) is 2.96. The van der Waals surface area contributed by atoms with Crippen molar-refractivity contribution in [2.24, 2.45) is 5.73 Å². The lowest BCUT2D eigenvalue weighted by molar-refractivity contribution is -0.921. The normalized spacial score (nSPS) is 12.5. The van der Waals surface area contributed by atoms with E-state index in [-0.39, 0.29) is 6.04 Å². The number of ether oxygens (including phenoxy) is 1. The highest BCUT2D eigenvalue weighted by Gasteiger charge is 2.32. The van der Waals surface area contributed by atoms with Crippen molar-refractivity contribution in [1.29, 1.82) is 0 Å². The van der Waals surface area contributed by atoms with Gasteiger partial charge in [0.2, 0.25) is 11.8 Å². The van der Waals surface area contributed by atoms with Crippen molar-refractivity contribution < 1.29 is 14.0 Å². The molecule has 0 saturated heterocycles. The Balaban J connectivity index is 1.64. The van der Waals surface area contributed by atoms with Gasteiger partial charge in [0.1, 0.15) is 19.2 Å². The van der Waals surface area contributed by atoms with Gasteiger partial charge in [-0.2, -0.15) is 0 Å². The number of aryl methyl sites for hydroxylation is 1. The molecule has 1 heterocycles. The van der Waals surface area contributed by atoms with Crippen LogP contribution in [0.4, 0.5) is 0 Å². The zero-order chi connectivity index (χ0) is 29.4. The second kappa shape index (κ2) is 13.7.